The Labute approximate surface area is 88.1 Å². The van der Waals surface area contributed by atoms with Crippen molar-refractivity contribution in [1.82, 2.24) is 4.90 Å². The van der Waals surface area contributed by atoms with Crippen molar-refractivity contribution in [2.75, 3.05) is 20.7 Å². The van der Waals surface area contributed by atoms with Crippen LogP contribution in [0.1, 0.15) is 18.0 Å². The molecule has 0 amide bonds. The molecule has 4 heteroatoms. The summed E-state index contributed by atoms with van der Waals surface area (Å²) in [4.78, 5) is 1.69. The zero-order chi connectivity index (χ0) is 11.4. The SMILES string of the molecule is CN(C)C(CCO)c1c(F)cccc1F. The lowest BCUT2D eigenvalue weighted by atomic mass is 10.0. The van der Waals surface area contributed by atoms with Gasteiger partial charge in [0, 0.05) is 18.2 Å². The Morgan fingerprint density at radius 2 is 1.80 bits per heavy atom. The number of nitrogens with zero attached hydrogens (tertiary/aromatic N) is 1. The van der Waals surface area contributed by atoms with Gasteiger partial charge in [0.2, 0.25) is 0 Å². The second-order valence-corrected chi connectivity index (χ2v) is 3.63. The molecule has 0 radical (unpaired) electrons. The lowest BCUT2D eigenvalue weighted by Crippen LogP contribution is -2.23. The van der Waals surface area contributed by atoms with Gasteiger partial charge < -0.3 is 10.0 Å². The van der Waals surface area contributed by atoms with E-state index < -0.39 is 17.7 Å². The van der Waals surface area contributed by atoms with E-state index in [1.165, 1.54) is 18.2 Å². The summed E-state index contributed by atoms with van der Waals surface area (Å²) in [6.07, 6.45) is 0.310. The van der Waals surface area contributed by atoms with Crippen molar-refractivity contribution in [3.8, 4) is 0 Å². The topological polar surface area (TPSA) is 23.5 Å². The third-order valence-corrected chi connectivity index (χ3v) is 2.36. The Morgan fingerprint density at radius 3 is 2.20 bits per heavy atom. The summed E-state index contributed by atoms with van der Waals surface area (Å²) >= 11 is 0. The maximum atomic E-state index is 13.4. The smallest absolute Gasteiger partial charge is 0.130 e. The van der Waals surface area contributed by atoms with Crippen molar-refractivity contribution in [2.24, 2.45) is 0 Å². The second kappa shape index (κ2) is 5.19. The molecule has 0 bridgehead atoms. The Bertz CT molecular complexity index is 308. The van der Waals surface area contributed by atoms with Gasteiger partial charge in [-0.1, -0.05) is 6.07 Å². The first-order valence-corrected chi connectivity index (χ1v) is 4.79. The Hall–Kier alpha value is -1.00. The summed E-state index contributed by atoms with van der Waals surface area (Å²) in [5.74, 6) is -1.13. The van der Waals surface area contributed by atoms with E-state index in [1.807, 2.05) is 0 Å². The number of hydrogen-bond acceptors (Lipinski definition) is 2. The molecule has 1 unspecified atom stereocenters. The molecule has 84 valence electrons. The summed E-state index contributed by atoms with van der Waals surface area (Å²) in [7, 11) is 3.46. The molecule has 0 heterocycles. The third-order valence-electron chi connectivity index (χ3n) is 2.36. The minimum Gasteiger partial charge on any atom is -0.396 e. The zero-order valence-corrected chi connectivity index (χ0v) is 8.87. The molecule has 1 aromatic rings. The molecule has 0 spiro atoms. The molecule has 0 saturated heterocycles. The molecule has 1 aromatic carbocycles. The van der Waals surface area contributed by atoms with Gasteiger partial charge >= 0.3 is 0 Å². The van der Waals surface area contributed by atoms with Gasteiger partial charge in [0.1, 0.15) is 11.6 Å². The summed E-state index contributed by atoms with van der Waals surface area (Å²) in [6, 6.07) is 3.36. The normalized spacial score (nSPS) is 13.2. The lowest BCUT2D eigenvalue weighted by Gasteiger charge is -2.24. The van der Waals surface area contributed by atoms with Gasteiger partial charge in [0.25, 0.3) is 0 Å². The van der Waals surface area contributed by atoms with Crippen molar-refractivity contribution in [3.63, 3.8) is 0 Å². The predicted molar refractivity (Wildman–Crippen MR) is 54.5 cm³/mol. The van der Waals surface area contributed by atoms with Crippen LogP contribution in [0.25, 0.3) is 0 Å². The molecule has 1 rings (SSSR count). The number of aliphatic hydroxyl groups excluding tert-OH is 1. The zero-order valence-electron chi connectivity index (χ0n) is 8.87. The van der Waals surface area contributed by atoms with Crippen molar-refractivity contribution in [3.05, 3.63) is 35.4 Å². The molecule has 0 fully saturated rings. The van der Waals surface area contributed by atoms with E-state index in [0.717, 1.165) is 0 Å². The highest BCUT2D eigenvalue weighted by Crippen LogP contribution is 2.26. The number of hydrogen-bond donors (Lipinski definition) is 1. The van der Waals surface area contributed by atoms with E-state index >= 15 is 0 Å². The Morgan fingerprint density at radius 1 is 1.27 bits per heavy atom. The van der Waals surface area contributed by atoms with E-state index in [4.69, 9.17) is 5.11 Å². The van der Waals surface area contributed by atoms with Crippen LogP contribution in [-0.4, -0.2) is 30.7 Å². The fraction of sp³-hybridized carbons (Fsp3) is 0.455. The Kier molecular flexibility index (Phi) is 4.17. The predicted octanol–water partition coefficient (Wildman–Crippen LogP) is 1.95. The van der Waals surface area contributed by atoms with E-state index in [1.54, 1.807) is 19.0 Å². The van der Waals surface area contributed by atoms with Crippen molar-refractivity contribution >= 4 is 0 Å². The highest BCUT2D eigenvalue weighted by Gasteiger charge is 2.21. The van der Waals surface area contributed by atoms with Crippen LogP contribution in [0.4, 0.5) is 8.78 Å². The monoisotopic (exact) mass is 215 g/mol. The first kappa shape index (κ1) is 12.1. The molecule has 0 aliphatic heterocycles. The molecular formula is C11H15F2NO. The van der Waals surface area contributed by atoms with E-state index in [9.17, 15) is 8.78 Å². The van der Waals surface area contributed by atoms with Crippen LogP contribution in [0.3, 0.4) is 0 Å². The standard InChI is InChI=1S/C11H15F2NO/c1-14(2)10(6-7-15)11-8(12)4-3-5-9(11)13/h3-5,10,15H,6-7H2,1-2H3. The van der Waals surface area contributed by atoms with Crippen LogP contribution in [0.2, 0.25) is 0 Å². The average Bonchev–Trinajstić information content (AvgIpc) is 2.15. The van der Waals surface area contributed by atoms with Gasteiger partial charge in [-0.3, -0.25) is 0 Å². The molecule has 0 aliphatic carbocycles. The van der Waals surface area contributed by atoms with Crippen LogP contribution in [0.15, 0.2) is 18.2 Å². The number of halogens is 2. The molecule has 0 aliphatic rings. The van der Waals surface area contributed by atoms with Gasteiger partial charge in [-0.05, 0) is 32.6 Å². The summed E-state index contributed by atoms with van der Waals surface area (Å²) < 4.78 is 26.9. The van der Waals surface area contributed by atoms with Crippen molar-refractivity contribution < 1.29 is 13.9 Å². The number of aliphatic hydroxyl groups is 1. The van der Waals surface area contributed by atoms with Gasteiger partial charge in [0.15, 0.2) is 0 Å². The first-order chi connectivity index (χ1) is 7.07. The number of rotatable bonds is 4. The third kappa shape index (κ3) is 2.73. The minimum atomic E-state index is -0.567. The first-order valence-electron chi connectivity index (χ1n) is 4.79. The average molecular weight is 215 g/mol. The van der Waals surface area contributed by atoms with Crippen LogP contribution in [-0.2, 0) is 0 Å². The minimum absolute atomic E-state index is 0.0246. The summed E-state index contributed by atoms with van der Waals surface area (Å²) in [6.45, 7) is -0.101. The highest BCUT2D eigenvalue weighted by molar-refractivity contribution is 5.23. The van der Waals surface area contributed by atoms with Crippen molar-refractivity contribution in [2.45, 2.75) is 12.5 Å². The van der Waals surface area contributed by atoms with Gasteiger partial charge in [0.05, 0.1) is 0 Å². The molecule has 15 heavy (non-hydrogen) atoms. The van der Waals surface area contributed by atoms with E-state index in [0.29, 0.717) is 6.42 Å². The maximum absolute atomic E-state index is 13.4. The molecule has 1 atom stereocenters. The molecule has 2 nitrogen and oxygen atoms in total. The lowest BCUT2D eigenvalue weighted by molar-refractivity contribution is 0.204. The molecule has 1 N–H and O–H groups in total. The molecule has 0 saturated carbocycles. The summed E-state index contributed by atoms with van der Waals surface area (Å²) in [5.41, 5.74) is 0.0246. The largest absolute Gasteiger partial charge is 0.396 e. The van der Waals surface area contributed by atoms with Crippen molar-refractivity contribution in [1.29, 1.82) is 0 Å². The molecular weight excluding hydrogens is 200 g/mol. The highest BCUT2D eigenvalue weighted by atomic mass is 19.1. The van der Waals surface area contributed by atoms with Gasteiger partial charge in [-0.2, -0.15) is 0 Å². The van der Waals surface area contributed by atoms with Crippen LogP contribution < -0.4 is 0 Å². The van der Waals surface area contributed by atoms with Crippen LogP contribution >= 0.6 is 0 Å². The van der Waals surface area contributed by atoms with E-state index in [2.05, 4.69) is 0 Å². The van der Waals surface area contributed by atoms with Crippen LogP contribution in [0.5, 0.6) is 0 Å². The summed E-state index contributed by atoms with van der Waals surface area (Å²) in [5, 5.41) is 8.86. The fourth-order valence-electron chi connectivity index (χ4n) is 1.61. The second-order valence-electron chi connectivity index (χ2n) is 3.63. The van der Waals surface area contributed by atoms with Gasteiger partial charge in [-0.25, -0.2) is 8.78 Å². The quantitative estimate of drug-likeness (QED) is 0.829. The van der Waals surface area contributed by atoms with E-state index in [-0.39, 0.29) is 12.2 Å². The fourth-order valence-corrected chi connectivity index (χ4v) is 1.61. The number of benzene rings is 1. The molecule has 0 aromatic heterocycles. The van der Waals surface area contributed by atoms with Gasteiger partial charge in [-0.15, -0.1) is 0 Å². The maximum Gasteiger partial charge on any atom is 0.130 e. The van der Waals surface area contributed by atoms with Crippen LogP contribution in [0, 0.1) is 11.6 Å². The Balaban J connectivity index is 3.10.